The zero-order valence-corrected chi connectivity index (χ0v) is 18.5. The smallest absolute Gasteiger partial charge is 0.282 e. The van der Waals surface area contributed by atoms with Crippen LogP contribution in [0.5, 0.6) is 11.5 Å². The summed E-state index contributed by atoms with van der Waals surface area (Å²) in [6.07, 6.45) is 4.71. The van der Waals surface area contributed by atoms with E-state index in [4.69, 9.17) is 9.47 Å². The van der Waals surface area contributed by atoms with Crippen molar-refractivity contribution in [3.63, 3.8) is 0 Å². The number of methoxy groups -OCH3 is 2. The summed E-state index contributed by atoms with van der Waals surface area (Å²) in [7, 11) is -0.302. The highest BCUT2D eigenvalue weighted by Gasteiger charge is 2.31. The van der Waals surface area contributed by atoms with Gasteiger partial charge in [-0.3, -0.25) is 9.59 Å². The first-order valence-electron chi connectivity index (χ1n) is 9.08. The quantitative estimate of drug-likeness (QED) is 0.628. The first-order valence-corrected chi connectivity index (χ1v) is 11.8. The Kier molecular flexibility index (Phi) is 6.47. The molecule has 0 spiro atoms. The molecule has 160 valence electrons. The van der Waals surface area contributed by atoms with Crippen molar-refractivity contribution in [2.24, 2.45) is 0 Å². The molecule has 1 aromatic carbocycles. The largest absolute Gasteiger partial charge is 0.497 e. The van der Waals surface area contributed by atoms with Gasteiger partial charge in [-0.1, -0.05) is 0 Å². The Labute approximate surface area is 179 Å². The van der Waals surface area contributed by atoms with E-state index in [-0.39, 0.29) is 15.0 Å². The van der Waals surface area contributed by atoms with Gasteiger partial charge in [-0.2, -0.15) is 0 Å². The van der Waals surface area contributed by atoms with Crippen LogP contribution in [0.15, 0.2) is 40.6 Å². The van der Waals surface area contributed by atoms with E-state index in [9.17, 15) is 18.0 Å². The summed E-state index contributed by atoms with van der Waals surface area (Å²) in [4.78, 5) is 25.9. The maximum absolute atomic E-state index is 12.8. The monoisotopic (exact) mass is 450 g/mol. The Balaban J connectivity index is 1.78. The molecule has 1 aliphatic heterocycles. The Bertz CT molecular complexity index is 1090. The zero-order valence-electron chi connectivity index (χ0n) is 16.8. The number of thiophene rings is 1. The molecule has 0 N–H and O–H groups in total. The molecule has 0 radical (unpaired) electrons. The maximum atomic E-state index is 12.8. The normalized spacial score (nSPS) is 14.4. The van der Waals surface area contributed by atoms with Crippen LogP contribution in [0.4, 0.5) is 0 Å². The van der Waals surface area contributed by atoms with E-state index in [0.29, 0.717) is 36.6 Å². The summed E-state index contributed by atoms with van der Waals surface area (Å²) in [6.45, 7) is 0.779. The molecule has 2 aromatic rings. The summed E-state index contributed by atoms with van der Waals surface area (Å²) in [5.41, 5.74) is 0.665. The fourth-order valence-corrected chi connectivity index (χ4v) is 4.90. The van der Waals surface area contributed by atoms with E-state index in [1.807, 2.05) is 0 Å². The topological polar surface area (TPSA) is 93.2 Å². The number of hydrogen-bond donors (Lipinski definition) is 0. The number of benzene rings is 1. The van der Waals surface area contributed by atoms with E-state index in [2.05, 4.69) is 0 Å². The minimum Gasteiger partial charge on any atom is -0.497 e. The van der Waals surface area contributed by atoms with Gasteiger partial charge in [-0.15, -0.1) is 11.3 Å². The van der Waals surface area contributed by atoms with Gasteiger partial charge >= 0.3 is 0 Å². The van der Waals surface area contributed by atoms with Gasteiger partial charge in [0.05, 0.1) is 19.1 Å². The summed E-state index contributed by atoms with van der Waals surface area (Å²) in [6, 6.07) is 8.12. The second-order valence-electron chi connectivity index (χ2n) is 6.58. The van der Waals surface area contributed by atoms with Gasteiger partial charge in [0, 0.05) is 31.0 Å². The molecular weight excluding hydrogens is 428 g/mol. The van der Waals surface area contributed by atoms with Crippen LogP contribution in [0.25, 0.3) is 6.08 Å². The Morgan fingerprint density at radius 3 is 2.43 bits per heavy atom. The number of ether oxygens (including phenoxy) is 2. The Hall–Kier alpha value is -2.85. The number of hydrazine groups is 1. The molecule has 30 heavy (non-hydrogen) atoms. The van der Waals surface area contributed by atoms with Crippen molar-refractivity contribution >= 4 is 39.1 Å². The number of hydrogen-bond acceptors (Lipinski definition) is 7. The van der Waals surface area contributed by atoms with Crippen LogP contribution < -0.4 is 9.47 Å². The summed E-state index contributed by atoms with van der Waals surface area (Å²) >= 11 is 0.902. The van der Waals surface area contributed by atoms with Gasteiger partial charge in [0.2, 0.25) is 0 Å². The molecular formula is C20H22N2O6S2. The van der Waals surface area contributed by atoms with E-state index in [0.717, 1.165) is 17.6 Å². The van der Waals surface area contributed by atoms with Crippen LogP contribution >= 0.6 is 11.3 Å². The molecule has 2 heterocycles. The lowest BCUT2D eigenvalue weighted by Crippen LogP contribution is -2.43. The van der Waals surface area contributed by atoms with E-state index in [1.54, 1.807) is 31.4 Å². The number of sulfone groups is 1. The number of amides is 2. The average molecular weight is 451 g/mol. The highest BCUT2D eigenvalue weighted by atomic mass is 32.2. The van der Waals surface area contributed by atoms with Gasteiger partial charge in [-0.05, 0) is 42.8 Å². The van der Waals surface area contributed by atoms with Crippen LogP contribution in [0.3, 0.4) is 0 Å². The molecule has 0 saturated carbocycles. The zero-order chi connectivity index (χ0) is 21.9. The minimum absolute atomic E-state index is 0.118. The fourth-order valence-electron chi connectivity index (χ4n) is 3.03. The molecule has 10 heteroatoms. The van der Waals surface area contributed by atoms with Crippen LogP contribution in [0.2, 0.25) is 0 Å². The van der Waals surface area contributed by atoms with Crippen molar-refractivity contribution in [3.8, 4) is 11.5 Å². The molecule has 0 bridgehead atoms. The van der Waals surface area contributed by atoms with Crippen LogP contribution in [-0.2, 0) is 14.6 Å². The molecule has 1 saturated heterocycles. The standard InChI is InChI=1S/C20H22N2O6S2/c1-27-15-6-7-16(28-2)14(13-15)5-9-18(23)21-11-4-12-22(21)20(24)17-8-10-19(29-17)30(3,25)26/h5-10,13H,4,11-12H2,1-3H3/b9-5+. The molecule has 1 fully saturated rings. The number of carbonyl (C=O) groups excluding carboxylic acids is 2. The molecule has 8 nitrogen and oxygen atoms in total. The third-order valence-corrected chi connectivity index (χ3v) is 7.41. The lowest BCUT2D eigenvalue weighted by Gasteiger charge is -2.26. The predicted octanol–water partition coefficient (Wildman–Crippen LogP) is 2.47. The summed E-state index contributed by atoms with van der Waals surface area (Å²) in [5, 5.41) is 2.72. The van der Waals surface area contributed by atoms with Crippen LogP contribution in [-0.4, -0.2) is 63.8 Å². The van der Waals surface area contributed by atoms with Gasteiger partial charge < -0.3 is 9.47 Å². The predicted molar refractivity (Wildman–Crippen MR) is 113 cm³/mol. The van der Waals surface area contributed by atoms with E-state index < -0.39 is 15.7 Å². The first kappa shape index (κ1) is 21.8. The van der Waals surface area contributed by atoms with E-state index in [1.165, 1.54) is 35.3 Å². The molecule has 0 atom stereocenters. The van der Waals surface area contributed by atoms with Crippen molar-refractivity contribution in [1.82, 2.24) is 10.0 Å². The van der Waals surface area contributed by atoms with Gasteiger partial charge in [-0.25, -0.2) is 18.4 Å². The molecule has 3 rings (SSSR count). The minimum atomic E-state index is -3.39. The SMILES string of the molecule is COc1ccc(OC)c(/C=C/C(=O)N2CCCN2C(=O)c2ccc(S(C)(=O)=O)s2)c1. The fraction of sp³-hybridized carbons (Fsp3) is 0.300. The van der Waals surface area contributed by atoms with Gasteiger partial charge in [0.25, 0.3) is 11.8 Å². The summed E-state index contributed by atoms with van der Waals surface area (Å²) < 4.78 is 34.0. The van der Waals surface area contributed by atoms with Crippen molar-refractivity contribution in [3.05, 3.63) is 46.8 Å². The average Bonchev–Trinajstić information content (AvgIpc) is 3.40. The third-order valence-electron chi connectivity index (χ3n) is 4.52. The Morgan fingerprint density at radius 2 is 1.80 bits per heavy atom. The maximum Gasteiger partial charge on any atom is 0.282 e. The lowest BCUT2D eigenvalue weighted by molar-refractivity contribution is -0.134. The molecule has 0 unspecified atom stereocenters. The Morgan fingerprint density at radius 1 is 1.07 bits per heavy atom. The molecule has 0 aliphatic carbocycles. The highest BCUT2D eigenvalue weighted by molar-refractivity contribution is 7.92. The second kappa shape index (κ2) is 8.88. The number of nitrogens with zero attached hydrogens (tertiary/aromatic N) is 2. The lowest BCUT2D eigenvalue weighted by atomic mass is 10.1. The van der Waals surface area contributed by atoms with Gasteiger partial charge in [0.15, 0.2) is 9.84 Å². The number of carbonyl (C=O) groups is 2. The number of rotatable bonds is 6. The third kappa shape index (κ3) is 4.65. The first-order chi connectivity index (χ1) is 14.2. The summed E-state index contributed by atoms with van der Waals surface area (Å²) in [5.74, 6) is 0.458. The van der Waals surface area contributed by atoms with Crippen molar-refractivity contribution in [2.75, 3.05) is 33.6 Å². The van der Waals surface area contributed by atoms with Crippen molar-refractivity contribution in [2.45, 2.75) is 10.6 Å². The van der Waals surface area contributed by atoms with Crippen LogP contribution in [0, 0.1) is 0 Å². The highest BCUT2D eigenvalue weighted by Crippen LogP contribution is 2.27. The van der Waals surface area contributed by atoms with Gasteiger partial charge in [0.1, 0.15) is 15.7 Å². The van der Waals surface area contributed by atoms with E-state index >= 15 is 0 Å². The molecule has 1 aromatic heterocycles. The van der Waals surface area contributed by atoms with Crippen molar-refractivity contribution < 1.29 is 27.5 Å². The van der Waals surface area contributed by atoms with Crippen LogP contribution in [0.1, 0.15) is 21.7 Å². The molecule has 1 aliphatic rings. The second-order valence-corrected chi connectivity index (χ2v) is 9.90. The molecule has 2 amide bonds. The van der Waals surface area contributed by atoms with Crippen molar-refractivity contribution in [1.29, 1.82) is 0 Å².